The molecule has 0 bridgehead atoms. The summed E-state index contributed by atoms with van der Waals surface area (Å²) in [6.07, 6.45) is 3.50. The van der Waals surface area contributed by atoms with Crippen LogP contribution in [0.4, 0.5) is 0 Å². The van der Waals surface area contributed by atoms with E-state index in [1.807, 2.05) is 0 Å². The molecule has 2 aliphatic heterocycles. The van der Waals surface area contributed by atoms with Crippen molar-refractivity contribution in [3.05, 3.63) is 30.3 Å². The van der Waals surface area contributed by atoms with Crippen LogP contribution in [0.25, 0.3) is 0 Å². The van der Waals surface area contributed by atoms with Crippen molar-refractivity contribution in [2.24, 2.45) is 5.92 Å². The van der Waals surface area contributed by atoms with E-state index in [0.717, 1.165) is 32.4 Å². The second-order valence-electron chi connectivity index (χ2n) is 6.57. The highest BCUT2D eigenvalue weighted by Crippen LogP contribution is 2.24. The van der Waals surface area contributed by atoms with Crippen molar-refractivity contribution in [1.82, 2.24) is 14.9 Å². The summed E-state index contributed by atoms with van der Waals surface area (Å²) in [5.41, 5.74) is 0. The lowest BCUT2D eigenvalue weighted by Crippen LogP contribution is -2.51. The normalized spacial score (nSPS) is 25.0. The minimum absolute atomic E-state index is 0. The first-order valence-corrected chi connectivity index (χ1v) is 10.1. The highest BCUT2D eigenvalue weighted by molar-refractivity contribution is 7.89. The van der Waals surface area contributed by atoms with Crippen molar-refractivity contribution in [3.8, 4) is 0 Å². The van der Waals surface area contributed by atoms with Gasteiger partial charge in [0, 0.05) is 25.7 Å². The summed E-state index contributed by atoms with van der Waals surface area (Å²) in [4.78, 5) is 12.8. The minimum Gasteiger partial charge on any atom is -0.352 e. The van der Waals surface area contributed by atoms with Crippen molar-refractivity contribution < 1.29 is 13.2 Å². The number of amides is 1. The first kappa shape index (κ1) is 20.2. The zero-order chi connectivity index (χ0) is 17.0. The van der Waals surface area contributed by atoms with Crippen molar-refractivity contribution in [1.29, 1.82) is 0 Å². The maximum atomic E-state index is 12.7. The lowest BCUT2D eigenvalue weighted by molar-refractivity contribution is -0.126. The monoisotopic (exact) mass is 387 g/mol. The van der Waals surface area contributed by atoms with Crippen LogP contribution in [-0.4, -0.2) is 50.9 Å². The molecule has 140 valence electrons. The van der Waals surface area contributed by atoms with E-state index in [4.69, 9.17) is 0 Å². The second-order valence-corrected chi connectivity index (χ2v) is 8.51. The van der Waals surface area contributed by atoms with Gasteiger partial charge in [0.2, 0.25) is 15.9 Å². The molecule has 0 aliphatic carbocycles. The van der Waals surface area contributed by atoms with Crippen molar-refractivity contribution in [3.63, 3.8) is 0 Å². The van der Waals surface area contributed by atoms with Gasteiger partial charge in [-0.25, -0.2) is 8.42 Å². The van der Waals surface area contributed by atoms with E-state index in [1.165, 1.54) is 4.31 Å². The summed E-state index contributed by atoms with van der Waals surface area (Å²) >= 11 is 0. The van der Waals surface area contributed by atoms with Crippen LogP contribution in [0.3, 0.4) is 0 Å². The van der Waals surface area contributed by atoms with Gasteiger partial charge in [-0.3, -0.25) is 4.79 Å². The molecule has 2 atom stereocenters. The average Bonchev–Trinajstić information content (AvgIpc) is 2.63. The SMILES string of the molecule is Cl.O=C(N[C@H]1CCCNC1)C1CCCN(S(=O)(=O)c2ccccc2)C1. The fourth-order valence-corrected chi connectivity index (χ4v) is 4.96. The zero-order valence-corrected chi connectivity index (χ0v) is 15.8. The molecule has 2 fully saturated rings. The quantitative estimate of drug-likeness (QED) is 0.818. The zero-order valence-electron chi connectivity index (χ0n) is 14.2. The van der Waals surface area contributed by atoms with Gasteiger partial charge in [-0.05, 0) is 44.4 Å². The van der Waals surface area contributed by atoms with Gasteiger partial charge >= 0.3 is 0 Å². The molecule has 2 N–H and O–H groups in total. The first-order valence-electron chi connectivity index (χ1n) is 8.63. The second kappa shape index (κ2) is 8.98. The predicted octanol–water partition coefficient (Wildman–Crippen LogP) is 1.38. The Morgan fingerprint density at radius 2 is 1.92 bits per heavy atom. The number of hydrogen-bond donors (Lipinski definition) is 2. The number of sulfonamides is 1. The average molecular weight is 388 g/mol. The van der Waals surface area contributed by atoms with Gasteiger partial charge in [0.25, 0.3) is 0 Å². The number of benzene rings is 1. The number of nitrogens with zero attached hydrogens (tertiary/aromatic N) is 1. The molecule has 1 amide bonds. The fourth-order valence-electron chi connectivity index (χ4n) is 3.41. The van der Waals surface area contributed by atoms with Gasteiger partial charge in [-0.1, -0.05) is 18.2 Å². The number of halogens is 1. The number of nitrogens with one attached hydrogen (secondary N) is 2. The summed E-state index contributed by atoms with van der Waals surface area (Å²) in [7, 11) is -3.52. The summed E-state index contributed by atoms with van der Waals surface area (Å²) < 4.78 is 26.9. The number of carbonyl (C=O) groups excluding carboxylic acids is 1. The molecule has 1 aromatic carbocycles. The predicted molar refractivity (Wildman–Crippen MR) is 99.2 cm³/mol. The van der Waals surface area contributed by atoms with Gasteiger partial charge in [-0.2, -0.15) is 4.31 Å². The van der Waals surface area contributed by atoms with E-state index in [0.29, 0.717) is 17.9 Å². The molecule has 2 aliphatic rings. The lowest BCUT2D eigenvalue weighted by Gasteiger charge is -2.33. The third kappa shape index (κ3) is 4.94. The smallest absolute Gasteiger partial charge is 0.243 e. The van der Waals surface area contributed by atoms with Crippen molar-refractivity contribution >= 4 is 28.3 Å². The third-order valence-electron chi connectivity index (χ3n) is 4.78. The Hall–Kier alpha value is -1.15. The standard InChI is InChI=1S/C17H25N3O3S.ClH/c21-17(19-15-7-4-10-18-12-15)14-6-5-11-20(13-14)24(22,23)16-8-2-1-3-9-16;/h1-3,8-9,14-15,18H,4-7,10-13H2,(H,19,21);1H/t14?,15-;/m0./s1. The van der Waals surface area contributed by atoms with Crippen molar-refractivity contribution in [2.75, 3.05) is 26.2 Å². The Morgan fingerprint density at radius 3 is 2.60 bits per heavy atom. The molecule has 0 radical (unpaired) electrons. The van der Waals surface area contributed by atoms with Crippen LogP contribution in [-0.2, 0) is 14.8 Å². The van der Waals surface area contributed by atoms with Crippen LogP contribution < -0.4 is 10.6 Å². The summed E-state index contributed by atoms with van der Waals surface area (Å²) in [5, 5.41) is 6.35. The molecule has 2 saturated heterocycles. The molecule has 2 heterocycles. The van der Waals surface area contributed by atoms with Crippen LogP contribution >= 0.6 is 12.4 Å². The maximum Gasteiger partial charge on any atom is 0.243 e. The van der Waals surface area contributed by atoms with Gasteiger partial charge in [-0.15, -0.1) is 12.4 Å². The molecule has 6 nitrogen and oxygen atoms in total. The fraction of sp³-hybridized carbons (Fsp3) is 0.588. The largest absolute Gasteiger partial charge is 0.352 e. The molecule has 8 heteroatoms. The van der Waals surface area contributed by atoms with Gasteiger partial charge < -0.3 is 10.6 Å². The van der Waals surface area contributed by atoms with E-state index in [2.05, 4.69) is 10.6 Å². The minimum atomic E-state index is -3.52. The van der Waals surface area contributed by atoms with Crippen LogP contribution in [0.1, 0.15) is 25.7 Å². The molecule has 3 rings (SSSR count). The number of carbonyl (C=O) groups is 1. The Labute approximate surface area is 155 Å². The molecule has 0 spiro atoms. The van der Waals surface area contributed by atoms with E-state index in [9.17, 15) is 13.2 Å². The third-order valence-corrected chi connectivity index (χ3v) is 6.66. The van der Waals surface area contributed by atoms with Gasteiger partial charge in [0.15, 0.2) is 0 Å². The Balaban J connectivity index is 0.00000225. The summed E-state index contributed by atoms with van der Waals surface area (Å²) in [5.74, 6) is -0.282. The Kier molecular flexibility index (Phi) is 7.25. The van der Waals surface area contributed by atoms with Crippen LogP contribution in [0.2, 0.25) is 0 Å². The molecule has 0 saturated carbocycles. The van der Waals surface area contributed by atoms with E-state index >= 15 is 0 Å². The molecular weight excluding hydrogens is 362 g/mol. The Bertz CT molecular complexity index is 663. The summed E-state index contributed by atoms with van der Waals surface area (Å²) in [6, 6.07) is 8.60. The first-order chi connectivity index (χ1) is 11.6. The molecular formula is C17H26ClN3O3S. The summed E-state index contributed by atoms with van der Waals surface area (Å²) in [6.45, 7) is 2.54. The maximum absolute atomic E-state index is 12.7. The van der Waals surface area contributed by atoms with Crippen LogP contribution in [0.15, 0.2) is 35.2 Å². The highest BCUT2D eigenvalue weighted by atomic mass is 35.5. The molecule has 0 aromatic heterocycles. The number of hydrogen-bond acceptors (Lipinski definition) is 4. The molecule has 1 unspecified atom stereocenters. The van der Waals surface area contributed by atoms with Gasteiger partial charge in [0.1, 0.15) is 0 Å². The van der Waals surface area contributed by atoms with Crippen LogP contribution in [0, 0.1) is 5.92 Å². The highest BCUT2D eigenvalue weighted by Gasteiger charge is 2.33. The van der Waals surface area contributed by atoms with Crippen molar-refractivity contribution in [2.45, 2.75) is 36.6 Å². The molecule has 25 heavy (non-hydrogen) atoms. The molecule has 1 aromatic rings. The topological polar surface area (TPSA) is 78.5 Å². The number of rotatable bonds is 4. The van der Waals surface area contributed by atoms with E-state index in [1.54, 1.807) is 30.3 Å². The lowest BCUT2D eigenvalue weighted by atomic mass is 9.97. The van der Waals surface area contributed by atoms with E-state index < -0.39 is 10.0 Å². The number of piperidine rings is 2. The van der Waals surface area contributed by atoms with E-state index in [-0.39, 0.29) is 36.8 Å². The Morgan fingerprint density at radius 1 is 1.16 bits per heavy atom. The van der Waals surface area contributed by atoms with Crippen LogP contribution in [0.5, 0.6) is 0 Å². The van der Waals surface area contributed by atoms with Gasteiger partial charge in [0.05, 0.1) is 10.8 Å².